The quantitative estimate of drug-likeness (QED) is 0.348. The first-order valence-corrected chi connectivity index (χ1v) is 13.8. The fourth-order valence-electron chi connectivity index (χ4n) is 4.31. The molecular formula is C21H25N5O6S2. The smallest absolute Gasteiger partial charge is 0.311 e. The summed E-state index contributed by atoms with van der Waals surface area (Å²) in [6.45, 7) is 0. The summed E-state index contributed by atoms with van der Waals surface area (Å²) in [7, 11) is -5.85. The Bertz CT molecular complexity index is 1410. The number of fused-ring (bicyclic) bond motifs is 1. The second kappa shape index (κ2) is 9.31. The van der Waals surface area contributed by atoms with E-state index in [4.69, 9.17) is 0 Å². The minimum Gasteiger partial charge on any atom is -0.376 e. The van der Waals surface area contributed by atoms with Crippen LogP contribution < -0.4 is 10.0 Å². The number of nitrogens with one attached hydrogen (secondary N) is 2. The van der Waals surface area contributed by atoms with Gasteiger partial charge in [0.2, 0.25) is 10.0 Å². The van der Waals surface area contributed by atoms with Crippen molar-refractivity contribution in [1.82, 2.24) is 13.7 Å². The van der Waals surface area contributed by atoms with Crippen molar-refractivity contribution >= 4 is 42.5 Å². The Morgan fingerprint density at radius 2 is 1.76 bits per heavy atom. The lowest BCUT2D eigenvalue weighted by Crippen LogP contribution is -2.32. The standard InChI is InChI=1S/C21H25N5O6S2/c1-22-33(29,30)14-15-7-9-16(10-8-15)24-20-18-11-12-25(21(18)23-13-19(20)26(27)28)34(31,32)17-5-3-2-4-6-17/h2-6,11-13,15-16,22H,7-10,14H2,1H3,(H,23,24)/t15-,16-. The van der Waals surface area contributed by atoms with Gasteiger partial charge in [-0.1, -0.05) is 18.2 Å². The number of nitrogens with zero attached hydrogens (tertiary/aromatic N) is 3. The highest BCUT2D eigenvalue weighted by molar-refractivity contribution is 7.90. The van der Waals surface area contributed by atoms with E-state index < -0.39 is 25.0 Å². The van der Waals surface area contributed by atoms with E-state index in [1.165, 1.54) is 31.4 Å². The van der Waals surface area contributed by atoms with E-state index in [-0.39, 0.29) is 39.6 Å². The van der Waals surface area contributed by atoms with Crippen molar-refractivity contribution in [3.63, 3.8) is 0 Å². The van der Waals surface area contributed by atoms with Crippen LogP contribution in [0.4, 0.5) is 11.4 Å². The number of hydrogen-bond acceptors (Lipinski definition) is 8. The Labute approximate surface area is 197 Å². The number of aromatic nitrogens is 2. The first kappa shape index (κ1) is 24.1. The highest BCUT2D eigenvalue weighted by Crippen LogP contribution is 2.36. The summed E-state index contributed by atoms with van der Waals surface area (Å²) in [6.07, 6.45) is 4.98. The van der Waals surface area contributed by atoms with Crippen molar-refractivity contribution in [2.24, 2.45) is 5.92 Å². The van der Waals surface area contributed by atoms with Gasteiger partial charge in [-0.05, 0) is 56.8 Å². The zero-order valence-corrected chi connectivity index (χ0v) is 20.0. The van der Waals surface area contributed by atoms with Crippen LogP contribution in [0.15, 0.2) is 53.7 Å². The normalized spacial score (nSPS) is 19.2. The molecule has 4 rings (SSSR count). The van der Waals surface area contributed by atoms with E-state index >= 15 is 0 Å². The maximum absolute atomic E-state index is 13.1. The molecule has 34 heavy (non-hydrogen) atoms. The molecule has 1 aliphatic rings. The van der Waals surface area contributed by atoms with Gasteiger partial charge < -0.3 is 5.32 Å². The van der Waals surface area contributed by atoms with Gasteiger partial charge in [0.1, 0.15) is 11.9 Å². The first-order valence-electron chi connectivity index (χ1n) is 10.7. The third-order valence-corrected chi connectivity index (χ3v) is 9.33. The molecule has 2 N–H and O–H groups in total. The molecule has 0 saturated heterocycles. The van der Waals surface area contributed by atoms with Gasteiger partial charge in [0.05, 0.1) is 21.0 Å². The summed E-state index contributed by atoms with van der Waals surface area (Å²) in [5.41, 5.74) is 0.0521. The van der Waals surface area contributed by atoms with E-state index in [9.17, 15) is 26.9 Å². The van der Waals surface area contributed by atoms with Crippen LogP contribution in [-0.4, -0.2) is 49.6 Å². The lowest BCUT2D eigenvalue weighted by atomic mass is 9.87. The average Bonchev–Trinajstić information content (AvgIpc) is 3.26. The highest BCUT2D eigenvalue weighted by Gasteiger charge is 2.29. The van der Waals surface area contributed by atoms with Gasteiger partial charge in [-0.25, -0.2) is 30.5 Å². The minimum atomic E-state index is -3.94. The fraction of sp³-hybridized carbons (Fsp3) is 0.381. The number of rotatable bonds is 8. The maximum atomic E-state index is 13.1. The zero-order chi connectivity index (χ0) is 24.5. The molecule has 2 aromatic heterocycles. The molecule has 182 valence electrons. The van der Waals surface area contributed by atoms with Gasteiger partial charge in [-0.2, -0.15) is 0 Å². The Hall–Kier alpha value is -3.03. The number of pyridine rings is 1. The second-order valence-corrected chi connectivity index (χ2v) is 12.1. The molecule has 11 nitrogen and oxygen atoms in total. The summed E-state index contributed by atoms with van der Waals surface area (Å²) < 4.78 is 53.2. The van der Waals surface area contributed by atoms with E-state index in [1.54, 1.807) is 18.2 Å². The summed E-state index contributed by atoms with van der Waals surface area (Å²) in [5, 5.41) is 15.2. The summed E-state index contributed by atoms with van der Waals surface area (Å²) in [4.78, 5) is 15.3. The second-order valence-electron chi connectivity index (χ2n) is 8.29. The molecule has 0 aliphatic heterocycles. The molecule has 0 unspecified atom stereocenters. The van der Waals surface area contributed by atoms with Crippen LogP contribution in [0.3, 0.4) is 0 Å². The Morgan fingerprint density at radius 1 is 1.09 bits per heavy atom. The Kier molecular flexibility index (Phi) is 6.60. The summed E-state index contributed by atoms with van der Waals surface area (Å²) in [5.74, 6) is 0.0656. The first-order chi connectivity index (χ1) is 16.1. The lowest BCUT2D eigenvalue weighted by molar-refractivity contribution is -0.384. The molecule has 3 aromatic rings. The predicted octanol–water partition coefficient (Wildman–Crippen LogP) is 2.70. The van der Waals surface area contributed by atoms with E-state index in [1.807, 2.05) is 0 Å². The molecule has 1 aromatic carbocycles. The van der Waals surface area contributed by atoms with Crippen molar-refractivity contribution in [3.05, 3.63) is 58.9 Å². The average molecular weight is 508 g/mol. The molecule has 0 spiro atoms. The van der Waals surface area contributed by atoms with Crippen LogP contribution in [-0.2, 0) is 20.0 Å². The van der Waals surface area contributed by atoms with Crippen LogP contribution in [0, 0.1) is 16.0 Å². The number of sulfonamides is 1. The van der Waals surface area contributed by atoms with Crippen molar-refractivity contribution in [1.29, 1.82) is 0 Å². The van der Waals surface area contributed by atoms with Gasteiger partial charge in [-0.3, -0.25) is 10.1 Å². The SMILES string of the molecule is CNS(=O)(=O)C[C@H]1CC[C@H](Nc2c([N+](=O)[O-])cnc3c2ccn3S(=O)(=O)c2ccccc2)CC1. The van der Waals surface area contributed by atoms with Crippen LogP contribution in [0.1, 0.15) is 25.7 Å². The predicted molar refractivity (Wildman–Crippen MR) is 128 cm³/mol. The molecule has 1 aliphatic carbocycles. The minimum absolute atomic E-state index is 0.0139. The monoisotopic (exact) mass is 507 g/mol. The topological polar surface area (TPSA) is 153 Å². The summed E-state index contributed by atoms with van der Waals surface area (Å²) >= 11 is 0. The largest absolute Gasteiger partial charge is 0.376 e. The van der Waals surface area contributed by atoms with Crippen LogP contribution >= 0.6 is 0 Å². The molecule has 0 atom stereocenters. The summed E-state index contributed by atoms with van der Waals surface area (Å²) in [6, 6.07) is 9.26. The zero-order valence-electron chi connectivity index (χ0n) is 18.4. The number of benzene rings is 1. The van der Waals surface area contributed by atoms with Crippen molar-refractivity contribution in [2.75, 3.05) is 18.1 Å². The van der Waals surface area contributed by atoms with Crippen molar-refractivity contribution in [2.45, 2.75) is 36.6 Å². The molecular weight excluding hydrogens is 482 g/mol. The lowest BCUT2D eigenvalue weighted by Gasteiger charge is -2.29. The third kappa shape index (κ3) is 4.76. The van der Waals surface area contributed by atoms with Gasteiger partial charge in [0.25, 0.3) is 10.0 Å². The van der Waals surface area contributed by atoms with E-state index in [2.05, 4.69) is 15.0 Å². The number of nitro groups is 1. The molecule has 2 heterocycles. The number of hydrogen-bond donors (Lipinski definition) is 2. The fourth-order valence-corrected chi connectivity index (χ4v) is 6.76. The van der Waals surface area contributed by atoms with Crippen LogP contribution in [0.5, 0.6) is 0 Å². The molecule has 1 fully saturated rings. The molecule has 0 bridgehead atoms. The van der Waals surface area contributed by atoms with Gasteiger partial charge in [0, 0.05) is 12.2 Å². The maximum Gasteiger partial charge on any atom is 0.311 e. The Balaban J connectivity index is 1.64. The molecule has 13 heteroatoms. The van der Waals surface area contributed by atoms with Crippen molar-refractivity contribution in [3.8, 4) is 0 Å². The molecule has 0 amide bonds. The van der Waals surface area contributed by atoms with Gasteiger partial charge in [0.15, 0.2) is 5.65 Å². The van der Waals surface area contributed by atoms with Crippen LogP contribution in [0.2, 0.25) is 0 Å². The van der Waals surface area contributed by atoms with E-state index in [0.717, 1.165) is 10.2 Å². The molecule has 0 radical (unpaired) electrons. The van der Waals surface area contributed by atoms with Crippen LogP contribution in [0.25, 0.3) is 11.0 Å². The van der Waals surface area contributed by atoms with Gasteiger partial charge in [-0.15, -0.1) is 0 Å². The van der Waals surface area contributed by atoms with Crippen molar-refractivity contribution < 1.29 is 21.8 Å². The number of anilines is 1. The Morgan fingerprint density at radius 3 is 2.38 bits per heavy atom. The van der Waals surface area contributed by atoms with Gasteiger partial charge >= 0.3 is 5.69 Å². The highest BCUT2D eigenvalue weighted by atomic mass is 32.2. The molecule has 1 saturated carbocycles. The van der Waals surface area contributed by atoms with E-state index in [0.29, 0.717) is 31.1 Å². The third-order valence-electron chi connectivity index (χ3n) is 6.12.